The topological polar surface area (TPSA) is 202 Å². The predicted octanol–water partition coefficient (Wildman–Crippen LogP) is 6.56. The molecule has 2 saturated heterocycles. The summed E-state index contributed by atoms with van der Waals surface area (Å²) in [4.78, 5) is 72.3. The first-order valence-electron chi connectivity index (χ1n) is 22.1. The maximum absolute atomic E-state index is 14.1. The molecule has 2 aromatic carbocycles. The molecule has 0 unspecified atom stereocenters. The van der Waals surface area contributed by atoms with Crippen LogP contribution in [0.2, 0.25) is 0 Å². The van der Waals surface area contributed by atoms with E-state index in [1.54, 1.807) is 22.2 Å². The molecule has 17 heteroatoms. The van der Waals surface area contributed by atoms with E-state index in [0.717, 1.165) is 94.8 Å². The van der Waals surface area contributed by atoms with Crippen molar-refractivity contribution in [1.82, 2.24) is 40.4 Å². The van der Waals surface area contributed by atoms with Gasteiger partial charge in [0.2, 0.25) is 11.8 Å². The molecule has 5 atom stereocenters. The maximum atomic E-state index is 14.1. The first kappa shape index (κ1) is 42.2. The lowest BCUT2D eigenvalue weighted by Gasteiger charge is -2.33. The highest BCUT2D eigenvalue weighted by Gasteiger charge is 2.41. The number of nitrogens with one attached hydrogen (secondary N) is 4. The molecule has 6 heterocycles. The third-order valence-corrected chi connectivity index (χ3v) is 13.3. The highest BCUT2D eigenvalue weighted by Crippen LogP contribution is 2.51. The summed E-state index contributed by atoms with van der Waals surface area (Å²) in [5.74, 6) is 2.84. The molecule has 17 nitrogen and oxygen atoms in total. The lowest BCUT2D eigenvalue weighted by molar-refractivity contribution is -0.139. The number of hydrogen-bond donors (Lipinski definition) is 4. The first-order valence-corrected chi connectivity index (χ1v) is 22.1. The molecule has 2 aromatic heterocycles. The SMILES string of the molecule is COC(=O)N[C@H](C(=O)N1CCC[C@H]1c1ncc(-c2cc3c4c(c2)OCc2cc(-c5cnc([C@@H]6CCCN6C(=O)[C@@H](NC(=O)OC)[C@@H](C)OCC6CCC6)[nH]5)cc(c2-4)OC3)[nH]1)C(C)C. The fourth-order valence-electron chi connectivity index (χ4n) is 9.59. The molecular weight excluding hydrogens is 809 g/mol. The Morgan fingerprint density at radius 1 is 0.714 bits per heavy atom. The standard InChI is InChI=1S/C46H56N8O9/c1-24(2)39(51-45(57)59-4)43(55)53-13-7-11-33(53)41-47-19-31(49-41)27-15-29-22-63-36-18-28(16-30-23-62-35(17-27)37(29)38(30)36)32-20-48-42(50-32)34-12-8-14-54(34)44(56)40(52-46(58)60-5)25(3)61-21-26-9-6-10-26/h15-20,24-26,33-34,39-40H,6-14,21-23H2,1-5H3,(H,47,49)(H,48,50)(H,51,57)(H,52,58)/t25-,33+,34+,39+,40+/m1/s1. The maximum Gasteiger partial charge on any atom is 0.407 e. The predicted molar refractivity (Wildman–Crippen MR) is 229 cm³/mol. The van der Waals surface area contributed by atoms with Crippen molar-refractivity contribution in [1.29, 1.82) is 0 Å². The number of alkyl carbamates (subject to hydrolysis) is 2. The molecular formula is C46H56N8O9. The lowest BCUT2D eigenvalue weighted by Crippen LogP contribution is -2.54. The molecule has 4 N–H and O–H groups in total. The number of carbonyl (C=O) groups is 4. The van der Waals surface area contributed by atoms with E-state index in [-0.39, 0.29) is 29.8 Å². The van der Waals surface area contributed by atoms with Crippen molar-refractivity contribution in [3.63, 3.8) is 0 Å². The zero-order valence-electron chi connectivity index (χ0n) is 36.5. The Hall–Kier alpha value is -6.10. The van der Waals surface area contributed by atoms with Crippen LogP contribution in [0.4, 0.5) is 9.59 Å². The van der Waals surface area contributed by atoms with Crippen LogP contribution in [0.5, 0.6) is 11.5 Å². The van der Waals surface area contributed by atoms with Gasteiger partial charge in [0.25, 0.3) is 0 Å². The Bertz CT molecular complexity index is 2340. The Morgan fingerprint density at radius 2 is 1.21 bits per heavy atom. The fourth-order valence-corrected chi connectivity index (χ4v) is 9.59. The summed E-state index contributed by atoms with van der Waals surface area (Å²) in [6, 6.07) is 6.07. The quantitative estimate of drug-likeness (QED) is 0.113. The number of aromatic nitrogens is 4. The number of amides is 4. The minimum atomic E-state index is -0.902. The van der Waals surface area contributed by atoms with Gasteiger partial charge in [-0.05, 0) is 81.5 Å². The third-order valence-electron chi connectivity index (χ3n) is 13.3. The summed E-state index contributed by atoms with van der Waals surface area (Å²) < 4.78 is 28.7. The van der Waals surface area contributed by atoms with Crippen molar-refractivity contribution in [3.05, 3.63) is 59.4 Å². The zero-order valence-corrected chi connectivity index (χ0v) is 36.5. The van der Waals surface area contributed by atoms with E-state index in [0.29, 0.717) is 50.5 Å². The number of benzene rings is 2. The molecule has 4 aliphatic heterocycles. The molecule has 334 valence electrons. The zero-order chi connectivity index (χ0) is 43.9. The van der Waals surface area contributed by atoms with Gasteiger partial charge in [0, 0.05) is 53.1 Å². The van der Waals surface area contributed by atoms with Crippen molar-refractivity contribution in [2.75, 3.05) is 33.9 Å². The van der Waals surface area contributed by atoms with Gasteiger partial charge in [0.15, 0.2) is 0 Å². The van der Waals surface area contributed by atoms with Crippen molar-refractivity contribution < 1.29 is 42.9 Å². The summed E-state index contributed by atoms with van der Waals surface area (Å²) in [5, 5.41) is 5.44. The molecule has 3 fully saturated rings. The van der Waals surface area contributed by atoms with E-state index in [1.807, 2.05) is 32.9 Å². The monoisotopic (exact) mass is 864 g/mol. The van der Waals surface area contributed by atoms with E-state index in [1.165, 1.54) is 20.6 Å². The summed E-state index contributed by atoms with van der Waals surface area (Å²) >= 11 is 0. The molecule has 0 spiro atoms. The van der Waals surface area contributed by atoms with Gasteiger partial charge in [-0.1, -0.05) is 20.3 Å². The molecule has 1 saturated carbocycles. The third kappa shape index (κ3) is 8.18. The van der Waals surface area contributed by atoms with Crippen LogP contribution in [0.15, 0.2) is 36.7 Å². The number of rotatable bonds is 13. The number of nitrogens with zero attached hydrogens (tertiary/aromatic N) is 4. The van der Waals surface area contributed by atoms with Gasteiger partial charge >= 0.3 is 12.2 Å². The smallest absolute Gasteiger partial charge is 0.407 e. The summed E-state index contributed by atoms with van der Waals surface area (Å²) in [6.45, 7) is 7.94. The largest absolute Gasteiger partial charge is 0.488 e. The van der Waals surface area contributed by atoms with E-state index < -0.39 is 30.4 Å². The van der Waals surface area contributed by atoms with Crippen LogP contribution in [0.25, 0.3) is 33.6 Å². The summed E-state index contributed by atoms with van der Waals surface area (Å²) in [5.41, 5.74) is 7.35. The van der Waals surface area contributed by atoms with Crippen molar-refractivity contribution in [3.8, 4) is 45.1 Å². The number of aromatic amines is 2. The van der Waals surface area contributed by atoms with Gasteiger partial charge in [0.05, 0.1) is 56.2 Å². The van der Waals surface area contributed by atoms with Crippen LogP contribution in [-0.4, -0.2) is 106 Å². The molecule has 63 heavy (non-hydrogen) atoms. The Balaban J connectivity index is 0.919. The molecule has 4 amide bonds. The van der Waals surface area contributed by atoms with Crippen LogP contribution in [-0.2, 0) is 37.0 Å². The average Bonchev–Trinajstić information content (AvgIpc) is 4.12. The first-order chi connectivity index (χ1) is 30.5. The highest BCUT2D eigenvalue weighted by atomic mass is 16.5. The number of ether oxygens (including phenoxy) is 5. The molecule has 0 bridgehead atoms. The highest BCUT2D eigenvalue weighted by molar-refractivity contribution is 5.89. The minimum absolute atomic E-state index is 0.128. The number of methoxy groups -OCH3 is 2. The van der Waals surface area contributed by atoms with Crippen LogP contribution < -0.4 is 20.1 Å². The number of H-pyrrole nitrogens is 2. The van der Waals surface area contributed by atoms with Gasteiger partial charge in [0.1, 0.15) is 48.4 Å². The van der Waals surface area contributed by atoms with Crippen LogP contribution in [0.1, 0.15) is 101 Å². The van der Waals surface area contributed by atoms with E-state index in [4.69, 9.17) is 33.7 Å². The molecule has 9 rings (SSSR count). The molecule has 0 radical (unpaired) electrons. The Labute approximate surface area is 365 Å². The van der Waals surface area contributed by atoms with Crippen LogP contribution in [0.3, 0.4) is 0 Å². The Kier molecular flexibility index (Phi) is 11.8. The number of hydrogen-bond acceptors (Lipinski definition) is 11. The van der Waals surface area contributed by atoms with Crippen LogP contribution >= 0.6 is 0 Å². The lowest BCUT2D eigenvalue weighted by atomic mass is 9.86. The summed E-state index contributed by atoms with van der Waals surface area (Å²) in [7, 11) is 2.57. The summed E-state index contributed by atoms with van der Waals surface area (Å²) in [6.07, 6.45) is 8.25. The van der Waals surface area contributed by atoms with Gasteiger partial charge in [-0.15, -0.1) is 0 Å². The normalized spacial score (nSPS) is 20.2. The second-order valence-electron chi connectivity index (χ2n) is 17.6. The van der Waals surface area contributed by atoms with E-state index in [2.05, 4.69) is 32.7 Å². The van der Waals surface area contributed by atoms with Crippen LogP contribution in [0, 0.1) is 11.8 Å². The number of imidazole rings is 2. The molecule has 5 aliphatic rings. The van der Waals surface area contributed by atoms with Gasteiger partial charge in [-0.2, -0.15) is 0 Å². The Morgan fingerprint density at radius 3 is 1.67 bits per heavy atom. The van der Waals surface area contributed by atoms with E-state index in [9.17, 15) is 19.2 Å². The minimum Gasteiger partial charge on any atom is -0.488 e. The van der Waals surface area contributed by atoms with Crippen molar-refractivity contribution in [2.24, 2.45) is 11.8 Å². The van der Waals surface area contributed by atoms with Gasteiger partial charge < -0.3 is 54.1 Å². The molecule has 4 aromatic rings. The fraction of sp³-hybridized carbons (Fsp3) is 0.522. The second-order valence-corrected chi connectivity index (χ2v) is 17.6. The van der Waals surface area contributed by atoms with Crippen molar-refractivity contribution in [2.45, 2.75) is 109 Å². The molecule has 1 aliphatic carbocycles. The van der Waals surface area contributed by atoms with E-state index >= 15 is 0 Å². The van der Waals surface area contributed by atoms with Gasteiger partial charge in [-0.3, -0.25) is 9.59 Å². The number of likely N-dealkylation sites (tertiary alicyclic amines) is 2. The van der Waals surface area contributed by atoms with Crippen molar-refractivity contribution >= 4 is 24.0 Å². The van der Waals surface area contributed by atoms with Gasteiger partial charge in [-0.25, -0.2) is 19.6 Å². The number of carbonyl (C=O) groups excluding carboxylic acids is 4. The second kappa shape index (κ2) is 17.6. The average molecular weight is 865 g/mol.